The molecule has 27 heavy (non-hydrogen) atoms. The Hall–Kier alpha value is -3.41. The van der Waals surface area contributed by atoms with Crippen molar-refractivity contribution < 1.29 is 9.18 Å². The highest BCUT2D eigenvalue weighted by atomic mass is 19.1. The summed E-state index contributed by atoms with van der Waals surface area (Å²) in [7, 11) is 0. The number of H-pyrrole nitrogens is 1. The molecule has 0 aliphatic carbocycles. The van der Waals surface area contributed by atoms with Gasteiger partial charge >= 0.3 is 0 Å². The van der Waals surface area contributed by atoms with E-state index in [1.165, 1.54) is 12.1 Å². The predicted molar refractivity (Wildman–Crippen MR) is 102 cm³/mol. The molecule has 4 aromatic rings. The molecule has 5 nitrogen and oxygen atoms in total. The standard InChI is InChI=1S/C21H19FN4O/c22-18-5-6-20-19(11-18)17(12-25-20)7-8-24-21(27)16-3-1-15(2-4-16)13-26-10-9-23-14-26/h1-6,9-12,14,25H,7-8,13H2,(H,24,27). The number of hydrogen-bond donors (Lipinski definition) is 2. The van der Waals surface area contributed by atoms with Crippen LogP contribution in [0.3, 0.4) is 0 Å². The number of fused-ring (bicyclic) bond motifs is 1. The summed E-state index contributed by atoms with van der Waals surface area (Å²) in [5.41, 5.74) is 3.60. The van der Waals surface area contributed by atoms with E-state index in [9.17, 15) is 9.18 Å². The van der Waals surface area contributed by atoms with Crippen LogP contribution >= 0.6 is 0 Å². The summed E-state index contributed by atoms with van der Waals surface area (Å²) in [4.78, 5) is 19.5. The molecule has 136 valence electrons. The molecule has 2 N–H and O–H groups in total. The zero-order valence-electron chi connectivity index (χ0n) is 14.7. The second-order valence-corrected chi connectivity index (χ2v) is 6.44. The topological polar surface area (TPSA) is 62.7 Å². The Kier molecular flexibility index (Phi) is 4.70. The Morgan fingerprint density at radius 2 is 2.04 bits per heavy atom. The number of hydrogen-bond acceptors (Lipinski definition) is 2. The van der Waals surface area contributed by atoms with Crippen LogP contribution in [0.15, 0.2) is 67.4 Å². The fourth-order valence-electron chi connectivity index (χ4n) is 3.12. The third-order valence-electron chi connectivity index (χ3n) is 4.55. The number of carbonyl (C=O) groups is 1. The average molecular weight is 362 g/mol. The molecule has 0 spiro atoms. The van der Waals surface area contributed by atoms with E-state index >= 15 is 0 Å². The molecule has 6 heteroatoms. The molecule has 0 saturated heterocycles. The number of nitrogens with one attached hydrogen (secondary N) is 2. The van der Waals surface area contributed by atoms with E-state index in [0.29, 0.717) is 18.5 Å². The first-order valence-corrected chi connectivity index (χ1v) is 8.77. The van der Waals surface area contributed by atoms with Crippen LogP contribution in [0.2, 0.25) is 0 Å². The highest BCUT2D eigenvalue weighted by molar-refractivity contribution is 5.94. The van der Waals surface area contributed by atoms with Crippen LogP contribution in [-0.4, -0.2) is 27.0 Å². The molecule has 0 fully saturated rings. The molecular formula is C21H19FN4O. The third-order valence-corrected chi connectivity index (χ3v) is 4.55. The van der Waals surface area contributed by atoms with Gasteiger partial charge < -0.3 is 14.9 Å². The van der Waals surface area contributed by atoms with Gasteiger partial charge in [0.15, 0.2) is 0 Å². The molecule has 0 radical (unpaired) electrons. The fourth-order valence-corrected chi connectivity index (χ4v) is 3.12. The Labute approximate surface area is 155 Å². The molecule has 0 atom stereocenters. The van der Waals surface area contributed by atoms with Crippen molar-refractivity contribution in [1.29, 1.82) is 0 Å². The summed E-state index contributed by atoms with van der Waals surface area (Å²) in [5, 5.41) is 3.77. The minimum absolute atomic E-state index is 0.116. The van der Waals surface area contributed by atoms with Gasteiger partial charge in [0.1, 0.15) is 5.82 Å². The SMILES string of the molecule is O=C(NCCc1c[nH]c2ccc(F)cc12)c1ccc(Cn2ccnc2)cc1. The number of aromatic amines is 1. The molecular weight excluding hydrogens is 343 g/mol. The smallest absolute Gasteiger partial charge is 0.251 e. The number of carbonyl (C=O) groups excluding carboxylic acids is 1. The van der Waals surface area contributed by atoms with E-state index in [1.54, 1.807) is 18.6 Å². The molecule has 0 bridgehead atoms. The Morgan fingerprint density at radius 1 is 1.19 bits per heavy atom. The van der Waals surface area contributed by atoms with Gasteiger partial charge in [-0.1, -0.05) is 12.1 Å². The fraction of sp³-hybridized carbons (Fsp3) is 0.143. The van der Waals surface area contributed by atoms with Crippen LogP contribution in [0.5, 0.6) is 0 Å². The van der Waals surface area contributed by atoms with Crippen LogP contribution in [-0.2, 0) is 13.0 Å². The van der Waals surface area contributed by atoms with Gasteiger partial charge in [0.25, 0.3) is 5.91 Å². The molecule has 2 aromatic heterocycles. The second kappa shape index (κ2) is 7.45. The average Bonchev–Trinajstić information content (AvgIpc) is 3.32. The van der Waals surface area contributed by atoms with Crippen molar-refractivity contribution in [2.24, 2.45) is 0 Å². The maximum Gasteiger partial charge on any atom is 0.251 e. The van der Waals surface area contributed by atoms with Crippen molar-refractivity contribution in [3.05, 3.63) is 89.9 Å². The first-order chi connectivity index (χ1) is 13.2. The molecule has 0 aliphatic heterocycles. The summed E-state index contributed by atoms with van der Waals surface area (Å²) in [6.07, 6.45) is 7.90. The van der Waals surface area contributed by atoms with Crippen LogP contribution in [0.1, 0.15) is 21.5 Å². The number of nitrogens with zero attached hydrogens (tertiary/aromatic N) is 2. The van der Waals surface area contributed by atoms with Gasteiger partial charge in [0.05, 0.1) is 6.33 Å². The molecule has 2 heterocycles. The van der Waals surface area contributed by atoms with Gasteiger partial charge in [-0.3, -0.25) is 4.79 Å². The van der Waals surface area contributed by atoms with E-state index in [1.807, 2.05) is 41.2 Å². The van der Waals surface area contributed by atoms with Gasteiger partial charge in [-0.05, 0) is 47.9 Å². The molecule has 4 rings (SSSR count). The highest BCUT2D eigenvalue weighted by Gasteiger charge is 2.08. The number of imidazole rings is 1. The van der Waals surface area contributed by atoms with Crippen molar-refractivity contribution in [1.82, 2.24) is 19.9 Å². The minimum atomic E-state index is -0.261. The molecule has 0 aliphatic rings. The maximum atomic E-state index is 13.4. The lowest BCUT2D eigenvalue weighted by atomic mass is 10.1. The van der Waals surface area contributed by atoms with E-state index < -0.39 is 0 Å². The largest absolute Gasteiger partial charge is 0.361 e. The van der Waals surface area contributed by atoms with Crippen molar-refractivity contribution in [3.8, 4) is 0 Å². The van der Waals surface area contributed by atoms with Crippen LogP contribution in [0.4, 0.5) is 4.39 Å². The lowest BCUT2D eigenvalue weighted by molar-refractivity contribution is 0.0954. The first-order valence-electron chi connectivity index (χ1n) is 8.77. The summed E-state index contributed by atoms with van der Waals surface area (Å²) in [6.45, 7) is 1.21. The van der Waals surface area contributed by atoms with E-state index in [2.05, 4.69) is 15.3 Å². The molecule has 1 amide bonds. The Balaban J connectivity index is 1.34. The zero-order valence-corrected chi connectivity index (χ0v) is 14.7. The van der Waals surface area contributed by atoms with Gasteiger partial charge in [-0.2, -0.15) is 0 Å². The van der Waals surface area contributed by atoms with Crippen molar-refractivity contribution >= 4 is 16.8 Å². The number of rotatable bonds is 6. The van der Waals surface area contributed by atoms with Crippen molar-refractivity contribution in [2.75, 3.05) is 6.54 Å². The highest BCUT2D eigenvalue weighted by Crippen LogP contribution is 2.19. The van der Waals surface area contributed by atoms with E-state index in [4.69, 9.17) is 0 Å². The van der Waals surface area contributed by atoms with Gasteiger partial charge in [-0.15, -0.1) is 0 Å². The molecule has 2 aromatic carbocycles. The minimum Gasteiger partial charge on any atom is -0.361 e. The Bertz CT molecular complexity index is 1050. The van der Waals surface area contributed by atoms with Crippen LogP contribution < -0.4 is 5.32 Å². The summed E-state index contributed by atoms with van der Waals surface area (Å²) >= 11 is 0. The van der Waals surface area contributed by atoms with Crippen molar-refractivity contribution in [3.63, 3.8) is 0 Å². The Morgan fingerprint density at radius 3 is 2.81 bits per heavy atom. The second-order valence-electron chi connectivity index (χ2n) is 6.44. The van der Waals surface area contributed by atoms with Gasteiger partial charge in [0, 0.05) is 48.1 Å². The van der Waals surface area contributed by atoms with Crippen LogP contribution in [0, 0.1) is 5.82 Å². The monoisotopic (exact) mass is 362 g/mol. The zero-order chi connectivity index (χ0) is 18.6. The van der Waals surface area contributed by atoms with E-state index in [0.717, 1.165) is 28.6 Å². The number of aromatic nitrogens is 3. The van der Waals surface area contributed by atoms with E-state index in [-0.39, 0.29) is 11.7 Å². The van der Waals surface area contributed by atoms with Gasteiger partial charge in [-0.25, -0.2) is 9.37 Å². The number of benzene rings is 2. The number of halogens is 1. The maximum absolute atomic E-state index is 13.4. The lowest BCUT2D eigenvalue weighted by Gasteiger charge is -2.07. The third kappa shape index (κ3) is 3.89. The quantitative estimate of drug-likeness (QED) is 0.551. The lowest BCUT2D eigenvalue weighted by Crippen LogP contribution is -2.25. The molecule has 0 saturated carbocycles. The molecule has 0 unspecified atom stereocenters. The summed E-state index contributed by atoms with van der Waals surface area (Å²) in [5.74, 6) is -0.377. The predicted octanol–water partition coefficient (Wildman–Crippen LogP) is 3.52. The van der Waals surface area contributed by atoms with Crippen molar-refractivity contribution in [2.45, 2.75) is 13.0 Å². The first kappa shape index (κ1) is 17.0. The summed E-state index contributed by atoms with van der Waals surface area (Å²) < 4.78 is 15.4. The van der Waals surface area contributed by atoms with Crippen LogP contribution in [0.25, 0.3) is 10.9 Å². The van der Waals surface area contributed by atoms with Gasteiger partial charge in [0.2, 0.25) is 0 Å². The summed E-state index contributed by atoms with van der Waals surface area (Å²) in [6, 6.07) is 12.2. The normalized spacial score (nSPS) is 11.0. The number of amides is 1.